The molecule has 0 aliphatic carbocycles. The van der Waals surface area contributed by atoms with Crippen LogP contribution in [0.15, 0.2) is 146 Å². The molecule has 0 bridgehead atoms. The van der Waals surface area contributed by atoms with E-state index in [4.69, 9.17) is 37.9 Å². The normalized spacial score (nSPS) is 11.1. The summed E-state index contributed by atoms with van der Waals surface area (Å²) in [5, 5.41) is 0. The van der Waals surface area contributed by atoms with Crippen LogP contribution in [0.4, 0.5) is 34.1 Å². The van der Waals surface area contributed by atoms with Crippen molar-refractivity contribution in [1.29, 1.82) is 0 Å². The molecule has 6 aromatic carbocycles. The SMILES string of the molecule is COc1c(C)sc(-c2ccc(N(c3ccc(-c4ccc(N(c5ccc(-c6sc(C)c(OC)c6OC)cc5)c5ccc(-c6sc(C)c(OC)c6OC)cc5)cc4)cc3)c3ccc(-c4sc(C)c(OC)c4OC)cc3)cc2)c1OC. The van der Waals surface area contributed by atoms with E-state index in [1.165, 1.54) is 0 Å². The molecule has 10 rings (SSSR count). The molecule has 0 amide bonds. The van der Waals surface area contributed by atoms with Gasteiger partial charge >= 0.3 is 0 Å². The van der Waals surface area contributed by atoms with E-state index in [-0.39, 0.29) is 0 Å². The summed E-state index contributed by atoms with van der Waals surface area (Å²) in [4.78, 5) is 12.9. The first-order valence-electron chi connectivity index (χ1n) is 25.1. The summed E-state index contributed by atoms with van der Waals surface area (Å²) in [6, 6.07) is 52.0. The average molecular weight is 1110 g/mol. The summed E-state index contributed by atoms with van der Waals surface area (Å²) in [6.07, 6.45) is 0. The molecule has 0 N–H and O–H groups in total. The van der Waals surface area contributed by atoms with Gasteiger partial charge in [-0.2, -0.15) is 0 Å². The van der Waals surface area contributed by atoms with Crippen LogP contribution in [0.2, 0.25) is 0 Å². The first kappa shape index (κ1) is 53.5. The quantitative estimate of drug-likeness (QED) is 0.0781. The van der Waals surface area contributed by atoms with E-state index in [9.17, 15) is 0 Å². The van der Waals surface area contributed by atoms with Gasteiger partial charge in [0.25, 0.3) is 0 Å². The van der Waals surface area contributed by atoms with E-state index in [2.05, 4.69) is 183 Å². The van der Waals surface area contributed by atoms with Crippen molar-refractivity contribution in [3.8, 4) is 98.9 Å². The lowest BCUT2D eigenvalue weighted by molar-refractivity contribution is 0.357. The monoisotopic (exact) mass is 1110 g/mol. The molecule has 0 aliphatic rings. The van der Waals surface area contributed by atoms with Crippen molar-refractivity contribution < 1.29 is 37.9 Å². The third kappa shape index (κ3) is 9.89. The third-order valence-electron chi connectivity index (χ3n) is 13.7. The number of benzene rings is 6. The maximum atomic E-state index is 5.85. The second kappa shape index (κ2) is 23.0. The Bertz CT molecular complexity index is 3250. The molecule has 14 heteroatoms. The molecule has 0 atom stereocenters. The van der Waals surface area contributed by atoms with Gasteiger partial charge in [0.2, 0.25) is 0 Å². The standard InChI is InChI=1S/C64H60N2O8S4/c1-37-53(67-5)57(71-9)61(75-37)43-17-29-49(30-18-43)65(50-31-19-44(20-32-50)62-58(72-10)54(68-6)38(2)76-62)47-25-13-41(14-26-47)42-15-27-48(28-16-42)66(51-33-21-45(22-34-51)63-59(73-11)55(69-7)39(3)77-63)52-35-23-46(24-36-52)64-60(74-12)56(70-8)40(4)78-64/h13-36H,1-12H3. The molecule has 10 nitrogen and oxygen atoms in total. The van der Waals surface area contributed by atoms with E-state index in [0.29, 0.717) is 0 Å². The fourth-order valence-electron chi connectivity index (χ4n) is 10.0. The van der Waals surface area contributed by atoms with Crippen LogP contribution in [0, 0.1) is 27.7 Å². The van der Waals surface area contributed by atoms with Gasteiger partial charge in [-0.3, -0.25) is 0 Å². The molecule has 0 spiro atoms. The minimum Gasteiger partial charge on any atom is -0.492 e. The highest BCUT2D eigenvalue weighted by Gasteiger charge is 2.25. The van der Waals surface area contributed by atoms with Crippen molar-refractivity contribution in [2.24, 2.45) is 0 Å². The van der Waals surface area contributed by atoms with Crippen LogP contribution in [-0.4, -0.2) is 56.9 Å². The molecule has 398 valence electrons. The van der Waals surface area contributed by atoms with Crippen molar-refractivity contribution >= 4 is 79.5 Å². The molecule has 78 heavy (non-hydrogen) atoms. The van der Waals surface area contributed by atoms with Crippen LogP contribution in [-0.2, 0) is 0 Å². The maximum absolute atomic E-state index is 5.85. The number of rotatable bonds is 19. The van der Waals surface area contributed by atoms with E-state index in [1.807, 2.05) is 0 Å². The predicted molar refractivity (Wildman–Crippen MR) is 326 cm³/mol. The number of thiophene rings is 4. The second-order valence-electron chi connectivity index (χ2n) is 18.2. The number of aryl methyl sites for hydroxylation is 4. The summed E-state index contributed by atoms with van der Waals surface area (Å²) in [5.41, 5.74) is 12.4. The van der Waals surface area contributed by atoms with Gasteiger partial charge < -0.3 is 47.7 Å². The Morgan fingerprint density at radius 1 is 0.218 bits per heavy atom. The van der Waals surface area contributed by atoms with Crippen LogP contribution >= 0.6 is 45.3 Å². The van der Waals surface area contributed by atoms with Gasteiger partial charge in [-0.1, -0.05) is 72.8 Å². The number of nitrogens with zero attached hydrogens (tertiary/aromatic N) is 2. The van der Waals surface area contributed by atoms with Gasteiger partial charge in [-0.15, -0.1) is 45.3 Å². The third-order valence-corrected chi connectivity index (χ3v) is 18.2. The molecule has 0 radical (unpaired) electrons. The summed E-state index contributed by atoms with van der Waals surface area (Å²) >= 11 is 6.65. The van der Waals surface area contributed by atoms with Crippen molar-refractivity contribution in [3.63, 3.8) is 0 Å². The minimum absolute atomic E-state index is 0.746. The smallest absolute Gasteiger partial charge is 0.179 e. The van der Waals surface area contributed by atoms with Crippen LogP contribution in [0.5, 0.6) is 46.0 Å². The van der Waals surface area contributed by atoms with Gasteiger partial charge in [0.15, 0.2) is 46.0 Å². The largest absolute Gasteiger partial charge is 0.492 e. The highest BCUT2D eigenvalue weighted by atomic mass is 32.1. The first-order chi connectivity index (χ1) is 38.0. The number of anilines is 6. The fraction of sp³-hybridized carbons (Fsp3) is 0.188. The Balaban J connectivity index is 0.993. The number of hydrogen-bond donors (Lipinski definition) is 0. The van der Waals surface area contributed by atoms with Gasteiger partial charge in [0, 0.05) is 53.6 Å². The van der Waals surface area contributed by atoms with E-state index >= 15 is 0 Å². The number of methoxy groups -OCH3 is 8. The Hall–Kier alpha value is -7.88. The topological polar surface area (TPSA) is 80.3 Å². The zero-order chi connectivity index (χ0) is 54.8. The number of ether oxygens (including phenoxy) is 8. The molecule has 0 saturated heterocycles. The molecule has 0 saturated carbocycles. The number of hydrogen-bond acceptors (Lipinski definition) is 14. The molecule has 0 aliphatic heterocycles. The van der Waals surface area contributed by atoms with Crippen molar-refractivity contribution in [2.75, 3.05) is 66.7 Å². The Morgan fingerprint density at radius 2 is 0.372 bits per heavy atom. The molecule has 0 fully saturated rings. The zero-order valence-corrected chi connectivity index (χ0v) is 48.9. The van der Waals surface area contributed by atoms with Gasteiger partial charge in [0.1, 0.15) is 0 Å². The van der Waals surface area contributed by atoms with E-state index in [0.717, 1.165) is 153 Å². The van der Waals surface area contributed by atoms with Crippen LogP contribution in [0.25, 0.3) is 52.9 Å². The summed E-state index contributed by atoms with van der Waals surface area (Å²) in [6.45, 7) is 8.21. The highest BCUT2D eigenvalue weighted by molar-refractivity contribution is 7.17. The maximum Gasteiger partial charge on any atom is 0.179 e. The second-order valence-corrected chi connectivity index (χ2v) is 23.1. The molecule has 4 heterocycles. The Morgan fingerprint density at radius 3 is 0.526 bits per heavy atom. The lowest BCUT2D eigenvalue weighted by Crippen LogP contribution is -2.10. The molecule has 10 aromatic rings. The molecular weight excluding hydrogens is 1050 g/mol. The van der Waals surface area contributed by atoms with E-state index in [1.54, 1.807) is 102 Å². The van der Waals surface area contributed by atoms with Crippen molar-refractivity contribution in [2.45, 2.75) is 27.7 Å². The van der Waals surface area contributed by atoms with Gasteiger partial charge in [-0.25, -0.2) is 0 Å². The fourth-order valence-corrected chi connectivity index (χ4v) is 14.4. The summed E-state index contributed by atoms with van der Waals surface area (Å²) < 4.78 is 46.3. The lowest BCUT2D eigenvalue weighted by atomic mass is 10.0. The lowest BCUT2D eigenvalue weighted by Gasteiger charge is -2.27. The summed E-state index contributed by atoms with van der Waals surface area (Å²) in [5.74, 6) is 6.05. The first-order valence-corrected chi connectivity index (χ1v) is 28.3. The highest BCUT2D eigenvalue weighted by Crippen LogP contribution is 2.52. The average Bonchev–Trinajstić information content (AvgIpc) is 4.25. The van der Waals surface area contributed by atoms with Crippen LogP contribution in [0.3, 0.4) is 0 Å². The van der Waals surface area contributed by atoms with Gasteiger partial charge in [-0.05, 0) is 134 Å². The molecular formula is C64H60N2O8S4. The Kier molecular flexibility index (Phi) is 15.8. The molecule has 0 unspecified atom stereocenters. The minimum atomic E-state index is 0.746. The Labute approximate surface area is 472 Å². The van der Waals surface area contributed by atoms with Crippen LogP contribution < -0.4 is 47.7 Å². The predicted octanol–water partition coefficient (Wildman–Crippen LogP) is 18.5. The zero-order valence-electron chi connectivity index (χ0n) is 45.6. The van der Waals surface area contributed by atoms with Crippen molar-refractivity contribution in [3.05, 3.63) is 165 Å². The van der Waals surface area contributed by atoms with E-state index < -0.39 is 0 Å². The summed E-state index contributed by atoms with van der Waals surface area (Å²) in [7, 11) is 13.5. The van der Waals surface area contributed by atoms with Gasteiger partial charge in [0.05, 0.1) is 76.4 Å². The van der Waals surface area contributed by atoms with Crippen LogP contribution in [0.1, 0.15) is 19.5 Å². The molecule has 4 aromatic heterocycles. The van der Waals surface area contributed by atoms with Crippen molar-refractivity contribution in [1.82, 2.24) is 0 Å².